The minimum atomic E-state index is 0.345. The van der Waals surface area contributed by atoms with Crippen LogP contribution in [0.1, 0.15) is 142 Å². The quantitative estimate of drug-likeness (QED) is 0.110. The van der Waals surface area contributed by atoms with E-state index in [0.29, 0.717) is 131 Å². The summed E-state index contributed by atoms with van der Waals surface area (Å²) in [5.41, 5.74) is 17.4. The molecule has 0 radical (unpaired) electrons. The van der Waals surface area contributed by atoms with Crippen molar-refractivity contribution in [1.29, 1.82) is 0 Å². The van der Waals surface area contributed by atoms with E-state index >= 15 is 0 Å². The van der Waals surface area contributed by atoms with Gasteiger partial charge in [0.25, 0.3) is 0 Å². The molecule has 0 aromatic heterocycles. The minimum Gasteiger partial charge on any atom is -0.493 e. The highest BCUT2D eigenvalue weighted by Crippen LogP contribution is 2.42. The Labute approximate surface area is 509 Å². The Kier molecular flexibility index (Phi) is 20.8. The summed E-state index contributed by atoms with van der Waals surface area (Å²) in [6.07, 6.45) is 8.38. The molecule has 10 nitrogen and oxygen atoms in total. The molecule has 86 heavy (non-hydrogen) atoms. The Morgan fingerprint density at radius 1 is 0.233 bits per heavy atom. The smallest absolute Gasteiger partial charge is 0.126 e. The molecular weight excluding hydrogens is 1070 g/mol. The first-order valence-electron chi connectivity index (χ1n) is 31.5. The van der Waals surface area contributed by atoms with Crippen LogP contribution in [0.25, 0.3) is 0 Å². The second-order valence-electron chi connectivity index (χ2n) is 22.7. The van der Waals surface area contributed by atoms with Gasteiger partial charge in [-0.05, 0) is 115 Å². The molecule has 12 rings (SSSR count). The van der Waals surface area contributed by atoms with Crippen LogP contribution in [0.3, 0.4) is 0 Å². The van der Waals surface area contributed by atoms with Gasteiger partial charge >= 0.3 is 0 Å². The molecule has 0 unspecified atom stereocenters. The van der Waals surface area contributed by atoms with Gasteiger partial charge in [-0.2, -0.15) is 0 Å². The minimum absolute atomic E-state index is 0.345. The van der Waals surface area contributed by atoms with Crippen LogP contribution in [0.2, 0.25) is 0 Å². The molecule has 0 N–H and O–H groups in total. The van der Waals surface area contributed by atoms with Gasteiger partial charge < -0.3 is 47.4 Å². The molecule has 10 heteroatoms. The van der Waals surface area contributed by atoms with Crippen molar-refractivity contribution < 1.29 is 47.4 Å². The van der Waals surface area contributed by atoms with E-state index in [2.05, 4.69) is 173 Å². The number of fused-ring (bicyclic) bond motifs is 14. The van der Waals surface area contributed by atoms with Crippen LogP contribution in [-0.4, -0.2) is 79.3 Å². The van der Waals surface area contributed by atoms with Crippen LogP contribution in [-0.2, 0) is 60.8 Å². The number of benzene rings is 8. The van der Waals surface area contributed by atoms with Gasteiger partial charge in [-0.15, -0.1) is 0 Å². The fourth-order valence-corrected chi connectivity index (χ4v) is 12.3. The van der Waals surface area contributed by atoms with E-state index in [1.165, 1.54) is 0 Å². The van der Waals surface area contributed by atoms with Gasteiger partial charge in [-0.1, -0.05) is 173 Å². The van der Waals surface area contributed by atoms with Crippen LogP contribution < -0.4 is 37.9 Å². The first kappa shape index (κ1) is 59.8. The SMILES string of the molecule is CCCOc1c2cccc1Cc1cccc3c1OCCOCCOc1c4cccc1Cc1cccc(c1OCCC)Cc1cccc(c1OCCOCCOc1c(cccc1Cc1cccc(c1OCCC)C3)C2)Cc1cccc(c1OCCC)C4. The van der Waals surface area contributed by atoms with E-state index in [-0.39, 0.29) is 0 Å². The lowest BCUT2D eigenvalue weighted by Crippen LogP contribution is -2.15. The molecule has 20 bridgehead atoms. The van der Waals surface area contributed by atoms with E-state index in [1.54, 1.807) is 0 Å². The lowest BCUT2D eigenvalue weighted by molar-refractivity contribution is 0.0756. The third-order valence-electron chi connectivity index (χ3n) is 16.2. The molecule has 2 heterocycles. The van der Waals surface area contributed by atoms with Crippen molar-refractivity contribution in [2.24, 2.45) is 0 Å². The standard InChI is InChI=1S/C76H84O10/c1-5-33-79-69-53-17-9-18-54(69)46-62-26-14-28-64-48-56-20-10-19-55(70(56)80-34-6-2)47-63-27-13-25-61(45-53)73(63)83-41-37-77-39-43-85-75-65-29-15-31-67(75)51-59-23-12-24-60(72(59)82-36-8-4)52-68-32-16-30-66(76(68)86-44-40-78-38-42-84-74(62)64)50-58-22-11-21-57(49-65)71(58)81-35-7-3/h9-32H,5-8,33-52H2,1-4H3. The van der Waals surface area contributed by atoms with Gasteiger partial charge in [0.05, 0.1) is 52.9 Å². The maximum atomic E-state index is 6.99. The molecule has 2 aliphatic carbocycles. The van der Waals surface area contributed by atoms with Gasteiger partial charge in [-0.3, -0.25) is 0 Å². The molecule has 0 saturated carbocycles. The van der Waals surface area contributed by atoms with Gasteiger partial charge in [0.2, 0.25) is 0 Å². The third kappa shape index (κ3) is 14.5. The molecule has 4 aliphatic rings. The molecule has 8 aromatic carbocycles. The van der Waals surface area contributed by atoms with Crippen molar-refractivity contribution in [3.63, 3.8) is 0 Å². The molecule has 2 aliphatic heterocycles. The van der Waals surface area contributed by atoms with Crippen molar-refractivity contribution in [1.82, 2.24) is 0 Å². The summed E-state index contributed by atoms with van der Waals surface area (Å²) < 4.78 is 68.0. The highest BCUT2D eigenvalue weighted by molar-refractivity contribution is 5.58. The Morgan fingerprint density at radius 2 is 0.395 bits per heavy atom. The first-order valence-corrected chi connectivity index (χ1v) is 31.5. The topological polar surface area (TPSA) is 92.3 Å². The van der Waals surface area contributed by atoms with Crippen LogP contribution in [0, 0.1) is 0 Å². The summed E-state index contributed by atoms with van der Waals surface area (Å²) in [4.78, 5) is 0. The van der Waals surface area contributed by atoms with E-state index < -0.39 is 0 Å². The van der Waals surface area contributed by atoms with Crippen LogP contribution >= 0.6 is 0 Å². The molecule has 0 atom stereocenters. The summed E-state index contributed by atoms with van der Waals surface area (Å²) in [7, 11) is 0. The average Bonchev–Trinajstić information content (AvgIpc) is 2.49. The van der Waals surface area contributed by atoms with Crippen LogP contribution in [0.5, 0.6) is 46.0 Å². The average molecular weight is 1160 g/mol. The summed E-state index contributed by atoms with van der Waals surface area (Å²) >= 11 is 0. The summed E-state index contributed by atoms with van der Waals surface area (Å²) in [6.45, 7) is 13.9. The van der Waals surface area contributed by atoms with Gasteiger partial charge in [0, 0.05) is 51.4 Å². The van der Waals surface area contributed by atoms with Crippen molar-refractivity contribution >= 4 is 0 Å². The van der Waals surface area contributed by atoms with E-state index in [9.17, 15) is 0 Å². The largest absolute Gasteiger partial charge is 0.493 e. The second-order valence-corrected chi connectivity index (χ2v) is 22.7. The zero-order chi connectivity index (χ0) is 58.9. The molecule has 448 valence electrons. The molecule has 0 saturated heterocycles. The third-order valence-corrected chi connectivity index (χ3v) is 16.2. The lowest BCUT2D eigenvalue weighted by Gasteiger charge is -2.23. The predicted molar refractivity (Wildman–Crippen MR) is 341 cm³/mol. The highest BCUT2D eigenvalue weighted by Gasteiger charge is 2.25. The monoisotopic (exact) mass is 1160 g/mol. The second kappa shape index (κ2) is 29.9. The summed E-state index contributed by atoms with van der Waals surface area (Å²) in [5, 5.41) is 0. The highest BCUT2D eigenvalue weighted by atomic mass is 16.6. The van der Waals surface area contributed by atoms with Gasteiger partial charge in [0.1, 0.15) is 72.4 Å². The number of rotatable bonds is 12. The van der Waals surface area contributed by atoms with Crippen LogP contribution in [0.15, 0.2) is 146 Å². The summed E-state index contributed by atoms with van der Waals surface area (Å²) in [6, 6.07) is 52.3. The van der Waals surface area contributed by atoms with Gasteiger partial charge in [0.15, 0.2) is 0 Å². The van der Waals surface area contributed by atoms with Crippen molar-refractivity contribution in [2.75, 3.05) is 79.3 Å². The molecular formula is C76H84O10. The van der Waals surface area contributed by atoms with Crippen LogP contribution in [0.4, 0.5) is 0 Å². The predicted octanol–water partition coefficient (Wildman–Crippen LogP) is 15.5. The number of ether oxygens (including phenoxy) is 10. The maximum Gasteiger partial charge on any atom is 0.126 e. The van der Waals surface area contributed by atoms with E-state index in [1.807, 2.05) is 0 Å². The molecule has 0 spiro atoms. The Morgan fingerprint density at radius 3 is 0.558 bits per heavy atom. The number of hydrogen-bond acceptors (Lipinski definition) is 10. The summed E-state index contributed by atoms with van der Waals surface area (Å²) in [5.74, 6) is 7.05. The number of hydrogen-bond donors (Lipinski definition) is 0. The number of para-hydroxylation sites is 8. The van der Waals surface area contributed by atoms with E-state index in [0.717, 1.165) is 161 Å². The first-order chi connectivity index (χ1) is 42.5. The Balaban J connectivity index is 1.01. The Bertz CT molecular complexity index is 2920. The van der Waals surface area contributed by atoms with E-state index in [4.69, 9.17) is 47.4 Å². The maximum absolute atomic E-state index is 6.99. The fourth-order valence-electron chi connectivity index (χ4n) is 12.3. The van der Waals surface area contributed by atoms with Crippen molar-refractivity contribution in [3.05, 3.63) is 235 Å². The van der Waals surface area contributed by atoms with Gasteiger partial charge in [-0.25, -0.2) is 0 Å². The molecule has 0 fully saturated rings. The Hall–Kier alpha value is -7.92. The molecule has 8 aromatic rings. The zero-order valence-electron chi connectivity index (χ0n) is 50.9. The fraction of sp³-hybridized carbons (Fsp3) is 0.368. The normalized spacial score (nSPS) is 14.7. The van der Waals surface area contributed by atoms with Crippen molar-refractivity contribution in [2.45, 2.75) is 105 Å². The van der Waals surface area contributed by atoms with Crippen molar-refractivity contribution in [3.8, 4) is 46.0 Å². The zero-order valence-corrected chi connectivity index (χ0v) is 50.9. The molecule has 0 amide bonds. The lowest BCUT2D eigenvalue weighted by atomic mass is 9.91.